The predicted octanol–water partition coefficient (Wildman–Crippen LogP) is 2.56. The van der Waals surface area contributed by atoms with Crippen molar-refractivity contribution in [1.29, 1.82) is 0 Å². The second-order valence-electron chi connectivity index (χ2n) is 5.14. The van der Waals surface area contributed by atoms with Crippen molar-refractivity contribution in [2.75, 3.05) is 6.61 Å². The van der Waals surface area contributed by atoms with E-state index in [9.17, 15) is 5.11 Å². The van der Waals surface area contributed by atoms with Gasteiger partial charge in [-0.2, -0.15) is 0 Å². The Kier molecular flexibility index (Phi) is 4.40. The highest BCUT2D eigenvalue weighted by molar-refractivity contribution is 5.88. The number of rotatable bonds is 5. The van der Waals surface area contributed by atoms with Crippen LogP contribution in [0.15, 0.2) is 42.5 Å². The molecule has 0 saturated heterocycles. The Bertz CT molecular complexity index is 534. The lowest BCUT2D eigenvalue weighted by molar-refractivity contribution is 0.0824. The Morgan fingerprint density at radius 2 is 1.79 bits per heavy atom. The van der Waals surface area contributed by atoms with E-state index >= 15 is 0 Å². The van der Waals surface area contributed by atoms with E-state index in [1.165, 1.54) is 0 Å². The second kappa shape index (κ2) is 6.04. The number of nitrogens with two attached hydrogens (primary N) is 1. The van der Waals surface area contributed by atoms with Gasteiger partial charge in [0.1, 0.15) is 11.9 Å². The topological polar surface area (TPSA) is 55.5 Å². The lowest BCUT2D eigenvalue weighted by Gasteiger charge is -2.26. The molecule has 0 aliphatic carbocycles. The van der Waals surface area contributed by atoms with Gasteiger partial charge in [0.2, 0.25) is 0 Å². The van der Waals surface area contributed by atoms with Crippen molar-refractivity contribution in [2.24, 2.45) is 11.7 Å². The molecule has 2 unspecified atom stereocenters. The molecule has 102 valence electrons. The fourth-order valence-electron chi connectivity index (χ4n) is 2.13. The number of benzene rings is 2. The molecule has 0 radical (unpaired) electrons. The summed E-state index contributed by atoms with van der Waals surface area (Å²) in [5.74, 6) is 1.03. The molecule has 0 spiro atoms. The number of aliphatic hydroxyl groups is 1. The zero-order valence-electron chi connectivity index (χ0n) is 11.4. The lowest BCUT2D eigenvalue weighted by Crippen LogP contribution is -2.45. The van der Waals surface area contributed by atoms with Crippen molar-refractivity contribution in [3.8, 4) is 5.75 Å². The quantitative estimate of drug-likeness (QED) is 0.867. The minimum absolute atomic E-state index is 0.0808. The van der Waals surface area contributed by atoms with Gasteiger partial charge < -0.3 is 15.6 Å². The van der Waals surface area contributed by atoms with Crippen LogP contribution in [-0.2, 0) is 0 Å². The van der Waals surface area contributed by atoms with Gasteiger partial charge >= 0.3 is 0 Å². The van der Waals surface area contributed by atoms with Gasteiger partial charge in [-0.25, -0.2) is 0 Å². The van der Waals surface area contributed by atoms with Crippen LogP contribution < -0.4 is 10.5 Å². The van der Waals surface area contributed by atoms with Gasteiger partial charge in [-0.1, -0.05) is 50.2 Å². The monoisotopic (exact) mass is 259 g/mol. The van der Waals surface area contributed by atoms with E-state index in [1.807, 2.05) is 56.3 Å². The van der Waals surface area contributed by atoms with E-state index in [0.29, 0.717) is 0 Å². The van der Waals surface area contributed by atoms with Gasteiger partial charge in [0.15, 0.2) is 0 Å². The highest BCUT2D eigenvalue weighted by atomic mass is 16.5. The van der Waals surface area contributed by atoms with E-state index in [0.717, 1.165) is 16.5 Å². The summed E-state index contributed by atoms with van der Waals surface area (Å²) in [5, 5.41) is 11.6. The van der Waals surface area contributed by atoms with Gasteiger partial charge in [0.25, 0.3) is 0 Å². The average Bonchev–Trinajstić information content (AvgIpc) is 2.44. The van der Waals surface area contributed by atoms with Crippen LogP contribution in [0.2, 0.25) is 0 Å². The van der Waals surface area contributed by atoms with E-state index in [1.54, 1.807) is 0 Å². The number of fused-ring (bicyclic) bond motifs is 1. The molecule has 3 N–H and O–H groups in total. The van der Waals surface area contributed by atoms with E-state index in [-0.39, 0.29) is 24.7 Å². The summed E-state index contributed by atoms with van der Waals surface area (Å²) >= 11 is 0. The molecule has 2 rings (SSSR count). The highest BCUT2D eigenvalue weighted by Crippen LogP contribution is 2.26. The molecule has 2 atom stereocenters. The summed E-state index contributed by atoms with van der Waals surface area (Å²) in [6.07, 6.45) is -0.384. The van der Waals surface area contributed by atoms with Crippen molar-refractivity contribution in [1.82, 2.24) is 0 Å². The smallest absolute Gasteiger partial charge is 0.137 e. The van der Waals surface area contributed by atoms with Crippen LogP contribution in [0, 0.1) is 5.92 Å². The summed E-state index contributed by atoms with van der Waals surface area (Å²) in [7, 11) is 0. The molecular formula is C16H21NO2. The number of hydrogen-bond acceptors (Lipinski definition) is 3. The normalized spacial score (nSPS) is 14.6. The van der Waals surface area contributed by atoms with Crippen LogP contribution >= 0.6 is 0 Å². The van der Waals surface area contributed by atoms with Crippen LogP contribution in [0.4, 0.5) is 0 Å². The molecule has 0 amide bonds. The maximum Gasteiger partial charge on any atom is 0.137 e. The largest absolute Gasteiger partial charge is 0.486 e. The molecule has 2 aromatic carbocycles. The van der Waals surface area contributed by atoms with E-state index in [4.69, 9.17) is 10.5 Å². The first-order valence-corrected chi connectivity index (χ1v) is 6.64. The van der Waals surface area contributed by atoms with Gasteiger partial charge in [0.05, 0.1) is 6.61 Å². The number of aliphatic hydroxyl groups excluding tert-OH is 1. The van der Waals surface area contributed by atoms with Gasteiger partial charge in [-0.05, 0) is 17.4 Å². The summed E-state index contributed by atoms with van der Waals surface area (Å²) in [5.41, 5.74) is 6.08. The number of ether oxygens (including phenoxy) is 1. The zero-order valence-corrected chi connectivity index (χ0v) is 11.4. The van der Waals surface area contributed by atoms with Crippen molar-refractivity contribution >= 4 is 10.8 Å². The SMILES string of the molecule is CC(C)C(N)C(CO)Oc1cccc2ccccc12. The maximum atomic E-state index is 9.47. The van der Waals surface area contributed by atoms with Crippen molar-refractivity contribution in [3.63, 3.8) is 0 Å². The first-order valence-electron chi connectivity index (χ1n) is 6.64. The summed E-state index contributed by atoms with van der Waals surface area (Å²) in [4.78, 5) is 0. The Balaban J connectivity index is 2.29. The molecule has 0 bridgehead atoms. The molecule has 0 aliphatic rings. The minimum Gasteiger partial charge on any atom is -0.486 e. The third kappa shape index (κ3) is 3.06. The Morgan fingerprint density at radius 3 is 2.47 bits per heavy atom. The summed E-state index contributed by atoms with van der Waals surface area (Å²) < 4.78 is 5.92. The molecule has 0 fully saturated rings. The second-order valence-corrected chi connectivity index (χ2v) is 5.14. The molecule has 0 heterocycles. The van der Waals surface area contributed by atoms with Crippen LogP contribution in [-0.4, -0.2) is 23.9 Å². The van der Waals surface area contributed by atoms with Crippen LogP contribution in [0.25, 0.3) is 10.8 Å². The summed E-state index contributed by atoms with van der Waals surface area (Å²) in [6, 6.07) is 13.7. The maximum absolute atomic E-state index is 9.47. The molecule has 0 saturated carbocycles. The fourth-order valence-corrected chi connectivity index (χ4v) is 2.13. The Labute approximate surface area is 114 Å². The molecule has 0 aliphatic heterocycles. The van der Waals surface area contributed by atoms with Gasteiger partial charge in [-0.15, -0.1) is 0 Å². The first kappa shape index (κ1) is 13.8. The highest BCUT2D eigenvalue weighted by Gasteiger charge is 2.22. The molecule has 3 heteroatoms. The third-order valence-corrected chi connectivity index (χ3v) is 3.41. The average molecular weight is 259 g/mol. The molecule has 0 aromatic heterocycles. The number of hydrogen-bond donors (Lipinski definition) is 2. The van der Waals surface area contributed by atoms with Crippen LogP contribution in [0.1, 0.15) is 13.8 Å². The van der Waals surface area contributed by atoms with E-state index < -0.39 is 0 Å². The van der Waals surface area contributed by atoms with Gasteiger partial charge in [0, 0.05) is 11.4 Å². The van der Waals surface area contributed by atoms with Crippen LogP contribution in [0.3, 0.4) is 0 Å². The standard InChI is InChI=1S/C16H21NO2/c1-11(2)16(17)15(10-18)19-14-9-5-7-12-6-3-4-8-13(12)14/h3-9,11,15-16,18H,10,17H2,1-2H3. The Hall–Kier alpha value is -1.58. The lowest BCUT2D eigenvalue weighted by atomic mass is 10.00. The fraction of sp³-hybridized carbons (Fsp3) is 0.375. The zero-order chi connectivity index (χ0) is 13.8. The molecule has 3 nitrogen and oxygen atoms in total. The summed E-state index contributed by atoms with van der Waals surface area (Å²) in [6.45, 7) is 3.97. The van der Waals surface area contributed by atoms with Gasteiger partial charge in [-0.3, -0.25) is 0 Å². The Morgan fingerprint density at radius 1 is 1.11 bits per heavy atom. The van der Waals surface area contributed by atoms with Crippen molar-refractivity contribution < 1.29 is 9.84 Å². The molecule has 2 aromatic rings. The van der Waals surface area contributed by atoms with Crippen LogP contribution in [0.5, 0.6) is 5.75 Å². The van der Waals surface area contributed by atoms with Crippen molar-refractivity contribution in [3.05, 3.63) is 42.5 Å². The first-order chi connectivity index (χ1) is 9.13. The van der Waals surface area contributed by atoms with E-state index in [2.05, 4.69) is 0 Å². The molecular weight excluding hydrogens is 238 g/mol. The van der Waals surface area contributed by atoms with Crippen molar-refractivity contribution in [2.45, 2.75) is 26.0 Å². The predicted molar refractivity (Wildman–Crippen MR) is 78.3 cm³/mol. The minimum atomic E-state index is -0.384. The molecule has 19 heavy (non-hydrogen) atoms. The third-order valence-electron chi connectivity index (χ3n) is 3.41.